The van der Waals surface area contributed by atoms with E-state index >= 15 is 0 Å². The number of hydrogen-bond donors (Lipinski definition) is 7. The number of nitrogens with two attached hydrogens (primary N) is 1. The lowest BCUT2D eigenvalue weighted by Gasteiger charge is -2.26. The summed E-state index contributed by atoms with van der Waals surface area (Å²) in [5, 5.41) is 34.1. The van der Waals surface area contributed by atoms with Crippen molar-refractivity contribution in [1.29, 1.82) is 0 Å². The Morgan fingerprint density at radius 2 is 1.20 bits per heavy atom. The molecule has 0 fully saturated rings. The third-order valence-electron chi connectivity index (χ3n) is 5.34. The largest absolute Gasteiger partial charge is 0.481 e. The SMILES string of the molecule is CCC(C)C(N)C(=O)NC(CCSC)C(=O)NC(CCC(=O)O)C(=O)NC(CCC(=O)O)C(=O)O. The van der Waals surface area contributed by atoms with Crippen LogP contribution in [0.15, 0.2) is 0 Å². The van der Waals surface area contributed by atoms with Crippen molar-refractivity contribution in [3.05, 3.63) is 0 Å². The van der Waals surface area contributed by atoms with E-state index in [1.807, 2.05) is 6.92 Å². The molecule has 0 saturated heterocycles. The number of carbonyl (C=O) groups excluding carboxylic acids is 3. The number of thioether (sulfide) groups is 1. The van der Waals surface area contributed by atoms with Crippen molar-refractivity contribution in [3.63, 3.8) is 0 Å². The minimum atomic E-state index is -1.55. The standard InChI is InChI=1S/C21H36N4O9S/c1-4-11(2)17(22)20(32)24-13(9-10-35-3)19(31)23-12(5-7-15(26)27)18(30)25-14(21(33)34)6-8-16(28)29/h11-14,17H,4-10,22H2,1-3H3,(H,23,31)(H,24,32)(H,25,30)(H,26,27)(H,28,29)(H,33,34). The molecule has 0 aromatic rings. The predicted molar refractivity (Wildman–Crippen MR) is 128 cm³/mol. The summed E-state index contributed by atoms with van der Waals surface area (Å²) >= 11 is 1.42. The van der Waals surface area contributed by atoms with Gasteiger partial charge < -0.3 is 37.0 Å². The Morgan fingerprint density at radius 3 is 1.63 bits per heavy atom. The van der Waals surface area contributed by atoms with Gasteiger partial charge in [0.1, 0.15) is 18.1 Å². The first kappa shape index (κ1) is 32.1. The molecule has 0 rings (SSSR count). The summed E-state index contributed by atoms with van der Waals surface area (Å²) in [6.07, 6.45) is 0.849. The fraction of sp³-hybridized carbons (Fsp3) is 0.714. The lowest BCUT2D eigenvalue weighted by molar-refractivity contribution is -0.144. The van der Waals surface area contributed by atoms with Crippen LogP contribution in [0.4, 0.5) is 0 Å². The quantitative estimate of drug-likeness (QED) is 0.120. The summed E-state index contributed by atoms with van der Waals surface area (Å²) in [6, 6.07) is -4.90. The predicted octanol–water partition coefficient (Wildman–Crippen LogP) is -0.618. The number of rotatable bonds is 18. The minimum absolute atomic E-state index is 0.146. The minimum Gasteiger partial charge on any atom is -0.481 e. The normalized spacial score (nSPS) is 15.1. The summed E-state index contributed by atoms with van der Waals surface area (Å²) in [7, 11) is 0. The summed E-state index contributed by atoms with van der Waals surface area (Å²) in [6.45, 7) is 3.65. The first-order valence-electron chi connectivity index (χ1n) is 11.2. The van der Waals surface area contributed by atoms with E-state index in [-0.39, 0.29) is 18.8 Å². The van der Waals surface area contributed by atoms with E-state index in [1.165, 1.54) is 11.8 Å². The Hall–Kier alpha value is -2.87. The van der Waals surface area contributed by atoms with Gasteiger partial charge in [-0.25, -0.2) is 4.79 Å². The molecular weight excluding hydrogens is 484 g/mol. The maximum absolute atomic E-state index is 12.9. The third kappa shape index (κ3) is 13.0. The Kier molecular flexibility index (Phi) is 15.3. The molecule has 14 heteroatoms. The number of aliphatic carboxylic acids is 3. The van der Waals surface area contributed by atoms with Gasteiger partial charge in [0.2, 0.25) is 17.7 Å². The van der Waals surface area contributed by atoms with E-state index in [4.69, 9.17) is 15.9 Å². The van der Waals surface area contributed by atoms with Crippen LogP contribution in [0.5, 0.6) is 0 Å². The number of carboxylic acid groups (broad SMARTS) is 3. The van der Waals surface area contributed by atoms with Crippen molar-refractivity contribution in [2.75, 3.05) is 12.0 Å². The summed E-state index contributed by atoms with van der Waals surface area (Å²) in [5.41, 5.74) is 5.94. The number of hydrogen-bond acceptors (Lipinski definition) is 8. The van der Waals surface area contributed by atoms with E-state index in [1.54, 1.807) is 13.2 Å². The molecule has 8 N–H and O–H groups in total. The molecule has 0 spiro atoms. The van der Waals surface area contributed by atoms with Crippen molar-refractivity contribution in [2.45, 2.75) is 76.5 Å². The molecule has 13 nitrogen and oxygen atoms in total. The lowest BCUT2D eigenvalue weighted by atomic mass is 9.99. The molecule has 200 valence electrons. The van der Waals surface area contributed by atoms with Gasteiger partial charge in [-0.1, -0.05) is 20.3 Å². The van der Waals surface area contributed by atoms with E-state index in [0.717, 1.165) is 0 Å². The average molecular weight is 521 g/mol. The highest BCUT2D eigenvalue weighted by Gasteiger charge is 2.31. The van der Waals surface area contributed by atoms with Gasteiger partial charge in [0.15, 0.2) is 0 Å². The zero-order valence-corrected chi connectivity index (χ0v) is 20.9. The molecule has 35 heavy (non-hydrogen) atoms. The number of nitrogens with one attached hydrogen (secondary N) is 3. The first-order chi connectivity index (χ1) is 16.3. The zero-order chi connectivity index (χ0) is 27.1. The molecule has 0 heterocycles. The summed E-state index contributed by atoms with van der Waals surface area (Å²) < 4.78 is 0. The van der Waals surface area contributed by atoms with Gasteiger partial charge in [-0.2, -0.15) is 11.8 Å². The fourth-order valence-corrected chi connectivity index (χ4v) is 3.36. The summed E-state index contributed by atoms with van der Waals surface area (Å²) in [5.74, 6) is -5.94. The molecule has 0 saturated carbocycles. The second-order valence-electron chi connectivity index (χ2n) is 8.08. The molecule has 3 amide bonds. The molecule has 0 bridgehead atoms. The van der Waals surface area contributed by atoms with Crippen molar-refractivity contribution in [3.8, 4) is 0 Å². The van der Waals surface area contributed by atoms with Gasteiger partial charge in [0.05, 0.1) is 6.04 Å². The van der Waals surface area contributed by atoms with Crippen LogP contribution in [0.2, 0.25) is 0 Å². The summed E-state index contributed by atoms with van der Waals surface area (Å²) in [4.78, 5) is 71.3. The van der Waals surface area contributed by atoms with Crippen molar-refractivity contribution < 1.29 is 44.1 Å². The van der Waals surface area contributed by atoms with Crippen molar-refractivity contribution in [1.82, 2.24) is 16.0 Å². The maximum atomic E-state index is 12.9. The van der Waals surface area contributed by atoms with Crippen LogP contribution in [-0.2, 0) is 28.8 Å². The molecule has 5 unspecified atom stereocenters. The van der Waals surface area contributed by atoms with Crippen LogP contribution in [-0.4, -0.2) is 87.1 Å². The van der Waals surface area contributed by atoms with E-state index in [2.05, 4.69) is 16.0 Å². The van der Waals surface area contributed by atoms with Gasteiger partial charge in [0, 0.05) is 12.8 Å². The van der Waals surface area contributed by atoms with E-state index < -0.39 is 79.1 Å². The van der Waals surface area contributed by atoms with Gasteiger partial charge >= 0.3 is 17.9 Å². The Labute approximate surface area is 208 Å². The second kappa shape index (κ2) is 16.7. The Balaban J connectivity index is 5.58. The van der Waals surface area contributed by atoms with Crippen molar-refractivity contribution in [2.24, 2.45) is 11.7 Å². The monoisotopic (exact) mass is 520 g/mol. The van der Waals surface area contributed by atoms with Gasteiger partial charge in [-0.3, -0.25) is 24.0 Å². The van der Waals surface area contributed by atoms with E-state index in [9.17, 15) is 33.9 Å². The van der Waals surface area contributed by atoms with Crippen LogP contribution in [0.1, 0.15) is 52.4 Å². The van der Waals surface area contributed by atoms with Crippen LogP contribution in [0.3, 0.4) is 0 Å². The third-order valence-corrected chi connectivity index (χ3v) is 5.99. The molecular formula is C21H36N4O9S. The Bertz CT molecular complexity index is 765. The Morgan fingerprint density at radius 1 is 0.771 bits per heavy atom. The van der Waals surface area contributed by atoms with Crippen LogP contribution in [0.25, 0.3) is 0 Å². The van der Waals surface area contributed by atoms with Crippen LogP contribution < -0.4 is 21.7 Å². The lowest BCUT2D eigenvalue weighted by Crippen LogP contribution is -2.57. The van der Waals surface area contributed by atoms with E-state index in [0.29, 0.717) is 12.2 Å². The molecule has 0 aromatic carbocycles. The highest BCUT2D eigenvalue weighted by Crippen LogP contribution is 2.09. The number of amides is 3. The first-order valence-corrected chi connectivity index (χ1v) is 12.5. The topological polar surface area (TPSA) is 225 Å². The molecule has 0 aliphatic rings. The number of carboxylic acids is 3. The van der Waals surface area contributed by atoms with Gasteiger partial charge in [-0.05, 0) is 37.2 Å². The smallest absolute Gasteiger partial charge is 0.326 e. The number of carbonyl (C=O) groups is 6. The molecule has 0 radical (unpaired) electrons. The maximum Gasteiger partial charge on any atom is 0.326 e. The molecule has 0 aliphatic heterocycles. The second-order valence-corrected chi connectivity index (χ2v) is 9.06. The molecule has 5 atom stereocenters. The zero-order valence-electron chi connectivity index (χ0n) is 20.1. The van der Waals surface area contributed by atoms with Crippen LogP contribution in [0, 0.1) is 5.92 Å². The molecule has 0 aromatic heterocycles. The highest BCUT2D eigenvalue weighted by atomic mass is 32.2. The highest BCUT2D eigenvalue weighted by molar-refractivity contribution is 7.98. The van der Waals surface area contributed by atoms with Gasteiger partial charge in [0.25, 0.3) is 0 Å². The average Bonchev–Trinajstić information content (AvgIpc) is 2.79. The molecule has 0 aliphatic carbocycles. The van der Waals surface area contributed by atoms with Gasteiger partial charge in [-0.15, -0.1) is 0 Å². The fourth-order valence-electron chi connectivity index (χ4n) is 2.89. The van der Waals surface area contributed by atoms with Crippen molar-refractivity contribution >= 4 is 47.4 Å². The van der Waals surface area contributed by atoms with Crippen LogP contribution >= 0.6 is 11.8 Å².